The van der Waals surface area contributed by atoms with Gasteiger partial charge in [0, 0.05) is 12.7 Å². The van der Waals surface area contributed by atoms with Gasteiger partial charge in [-0.05, 0) is 25.0 Å². The number of alkyl carbamates (subject to hydrolysis) is 1. The summed E-state index contributed by atoms with van der Waals surface area (Å²) in [5.41, 5.74) is -4.02. The van der Waals surface area contributed by atoms with Crippen LogP contribution in [0.2, 0.25) is 0 Å². The molecule has 0 radical (unpaired) electrons. The van der Waals surface area contributed by atoms with Crippen LogP contribution < -0.4 is 5.32 Å². The standard InChI is InChI=1S/C28H28F3NO5/c1-20(37-24(33)27(35-3,28(29,30)31)23-17-11-6-12-18-23)26(2,22-15-9-5-10-16-22)32-25(34)36-19-21-13-7-4-8-14-21/h4-18,20H,19H2,1-3H3,(H,32,34)/t20-,26-,27-/m1/s1. The van der Waals surface area contributed by atoms with Crippen LogP contribution >= 0.6 is 0 Å². The van der Waals surface area contributed by atoms with E-state index < -0.39 is 41.0 Å². The Morgan fingerprint density at radius 1 is 0.838 bits per heavy atom. The number of esters is 1. The van der Waals surface area contributed by atoms with Crippen molar-refractivity contribution in [2.24, 2.45) is 0 Å². The molecule has 0 aliphatic rings. The van der Waals surface area contributed by atoms with Crippen LogP contribution in [-0.4, -0.2) is 31.5 Å². The van der Waals surface area contributed by atoms with E-state index in [-0.39, 0.29) is 6.61 Å². The Labute approximate surface area is 213 Å². The van der Waals surface area contributed by atoms with Gasteiger partial charge in [-0.1, -0.05) is 91.0 Å². The fraction of sp³-hybridized carbons (Fsp3) is 0.286. The Morgan fingerprint density at radius 2 is 1.32 bits per heavy atom. The molecule has 0 saturated carbocycles. The normalized spacial score (nSPS) is 15.5. The summed E-state index contributed by atoms with van der Waals surface area (Å²) in [5.74, 6) is -1.66. The third kappa shape index (κ3) is 5.94. The van der Waals surface area contributed by atoms with Gasteiger partial charge in [-0.3, -0.25) is 0 Å². The van der Waals surface area contributed by atoms with Crippen LogP contribution in [-0.2, 0) is 36.8 Å². The van der Waals surface area contributed by atoms with E-state index in [0.29, 0.717) is 5.56 Å². The van der Waals surface area contributed by atoms with E-state index in [1.165, 1.54) is 32.0 Å². The maximum absolute atomic E-state index is 14.3. The Balaban J connectivity index is 1.90. The van der Waals surface area contributed by atoms with E-state index in [0.717, 1.165) is 24.8 Å². The Morgan fingerprint density at radius 3 is 1.81 bits per heavy atom. The van der Waals surface area contributed by atoms with E-state index in [2.05, 4.69) is 5.32 Å². The van der Waals surface area contributed by atoms with Gasteiger partial charge >= 0.3 is 18.2 Å². The van der Waals surface area contributed by atoms with Crippen LogP contribution in [0.3, 0.4) is 0 Å². The molecule has 0 bridgehead atoms. The summed E-state index contributed by atoms with van der Waals surface area (Å²) in [6, 6.07) is 23.9. The van der Waals surface area contributed by atoms with Crippen molar-refractivity contribution in [2.45, 2.75) is 43.9 Å². The summed E-state index contributed by atoms with van der Waals surface area (Å²) in [6.07, 6.45) is -7.24. The highest BCUT2D eigenvalue weighted by atomic mass is 19.4. The van der Waals surface area contributed by atoms with Crippen molar-refractivity contribution in [3.8, 4) is 0 Å². The fourth-order valence-electron chi connectivity index (χ4n) is 3.91. The van der Waals surface area contributed by atoms with Crippen LogP contribution in [0.15, 0.2) is 91.0 Å². The van der Waals surface area contributed by atoms with Crippen molar-refractivity contribution in [1.29, 1.82) is 0 Å². The molecule has 1 N–H and O–H groups in total. The number of methoxy groups -OCH3 is 1. The van der Waals surface area contributed by atoms with Gasteiger partial charge in [-0.2, -0.15) is 13.2 Å². The largest absolute Gasteiger partial charge is 0.457 e. The van der Waals surface area contributed by atoms with Crippen molar-refractivity contribution in [2.75, 3.05) is 7.11 Å². The smallest absolute Gasteiger partial charge is 0.432 e. The third-order valence-corrected chi connectivity index (χ3v) is 6.22. The van der Waals surface area contributed by atoms with E-state index in [1.807, 2.05) is 6.07 Å². The maximum atomic E-state index is 14.3. The molecule has 6 nitrogen and oxygen atoms in total. The number of carbonyl (C=O) groups excluding carboxylic acids is 2. The molecule has 3 aromatic carbocycles. The first-order chi connectivity index (χ1) is 17.5. The predicted octanol–water partition coefficient (Wildman–Crippen LogP) is 5.86. The highest BCUT2D eigenvalue weighted by Gasteiger charge is 2.64. The minimum absolute atomic E-state index is 0.0272. The second-order valence-electron chi connectivity index (χ2n) is 8.55. The van der Waals surface area contributed by atoms with E-state index in [1.54, 1.807) is 54.6 Å². The Bertz CT molecular complexity index is 1170. The van der Waals surface area contributed by atoms with Crippen molar-refractivity contribution >= 4 is 12.1 Å². The lowest BCUT2D eigenvalue weighted by atomic mass is 9.86. The quantitative estimate of drug-likeness (QED) is 0.361. The summed E-state index contributed by atoms with van der Waals surface area (Å²) >= 11 is 0. The average molecular weight is 516 g/mol. The third-order valence-electron chi connectivity index (χ3n) is 6.22. The van der Waals surface area contributed by atoms with Gasteiger partial charge in [-0.15, -0.1) is 0 Å². The Hall–Kier alpha value is -3.85. The van der Waals surface area contributed by atoms with Crippen molar-refractivity contribution in [3.05, 3.63) is 108 Å². The molecule has 9 heteroatoms. The van der Waals surface area contributed by atoms with Gasteiger partial charge in [0.05, 0.1) is 0 Å². The predicted molar refractivity (Wildman–Crippen MR) is 130 cm³/mol. The van der Waals surface area contributed by atoms with Crippen molar-refractivity contribution in [3.63, 3.8) is 0 Å². The highest BCUT2D eigenvalue weighted by Crippen LogP contribution is 2.44. The van der Waals surface area contributed by atoms with E-state index in [4.69, 9.17) is 14.2 Å². The topological polar surface area (TPSA) is 73.9 Å². The van der Waals surface area contributed by atoms with Crippen LogP contribution in [0.5, 0.6) is 0 Å². The van der Waals surface area contributed by atoms with Gasteiger partial charge in [0.25, 0.3) is 5.60 Å². The zero-order valence-corrected chi connectivity index (χ0v) is 20.6. The van der Waals surface area contributed by atoms with Gasteiger partial charge in [0.2, 0.25) is 0 Å². The molecule has 0 aliphatic heterocycles. The zero-order chi connectivity index (χ0) is 27.1. The second kappa shape index (κ2) is 11.5. The second-order valence-corrected chi connectivity index (χ2v) is 8.55. The molecule has 0 saturated heterocycles. The van der Waals surface area contributed by atoms with E-state index >= 15 is 0 Å². The molecule has 0 heterocycles. The first-order valence-electron chi connectivity index (χ1n) is 11.5. The Kier molecular flexibility index (Phi) is 8.60. The van der Waals surface area contributed by atoms with Crippen LogP contribution in [0.25, 0.3) is 0 Å². The summed E-state index contributed by atoms with van der Waals surface area (Å²) in [5, 5.41) is 2.67. The lowest BCUT2D eigenvalue weighted by molar-refractivity contribution is -0.279. The minimum Gasteiger partial charge on any atom is -0.457 e. The molecule has 0 fully saturated rings. The van der Waals surface area contributed by atoms with Crippen LogP contribution in [0.4, 0.5) is 18.0 Å². The first kappa shape index (κ1) is 27.7. The van der Waals surface area contributed by atoms with E-state index in [9.17, 15) is 22.8 Å². The van der Waals surface area contributed by atoms with Crippen LogP contribution in [0.1, 0.15) is 30.5 Å². The summed E-state index contributed by atoms with van der Waals surface area (Å²) in [7, 11) is 0.794. The molecule has 37 heavy (non-hydrogen) atoms. The zero-order valence-electron chi connectivity index (χ0n) is 20.6. The molecule has 0 spiro atoms. The number of ether oxygens (including phenoxy) is 3. The van der Waals surface area contributed by atoms with Gasteiger partial charge in [-0.25, -0.2) is 9.59 Å². The number of rotatable bonds is 9. The first-order valence-corrected chi connectivity index (χ1v) is 11.5. The minimum atomic E-state index is -5.13. The number of nitrogens with one attached hydrogen (secondary N) is 1. The van der Waals surface area contributed by atoms with Gasteiger partial charge in [0.1, 0.15) is 18.2 Å². The molecular formula is C28H28F3NO5. The number of hydrogen-bond donors (Lipinski definition) is 1. The highest BCUT2D eigenvalue weighted by molar-refractivity contribution is 5.83. The van der Waals surface area contributed by atoms with Gasteiger partial charge in [0.15, 0.2) is 0 Å². The molecule has 1 amide bonds. The maximum Gasteiger partial charge on any atom is 0.432 e. The molecule has 0 aliphatic carbocycles. The summed E-state index contributed by atoms with van der Waals surface area (Å²) in [4.78, 5) is 26.0. The number of carbonyl (C=O) groups is 2. The molecule has 196 valence electrons. The number of halogens is 3. The van der Waals surface area contributed by atoms with Crippen LogP contribution in [0, 0.1) is 0 Å². The van der Waals surface area contributed by atoms with Crippen molar-refractivity contribution < 1.29 is 37.0 Å². The number of alkyl halides is 3. The number of benzene rings is 3. The number of hydrogen-bond acceptors (Lipinski definition) is 5. The molecule has 3 rings (SSSR count). The lowest BCUT2D eigenvalue weighted by Gasteiger charge is -2.39. The average Bonchev–Trinajstić information content (AvgIpc) is 2.89. The summed E-state index contributed by atoms with van der Waals surface area (Å²) in [6.45, 7) is 2.90. The van der Waals surface area contributed by atoms with Crippen molar-refractivity contribution in [1.82, 2.24) is 5.32 Å². The number of amides is 1. The monoisotopic (exact) mass is 515 g/mol. The molecule has 3 aromatic rings. The molecule has 0 unspecified atom stereocenters. The lowest BCUT2D eigenvalue weighted by Crippen LogP contribution is -2.57. The summed E-state index contributed by atoms with van der Waals surface area (Å²) < 4.78 is 58.6. The molecule has 3 atom stereocenters. The molecule has 0 aromatic heterocycles. The molecular weight excluding hydrogens is 487 g/mol. The van der Waals surface area contributed by atoms with Gasteiger partial charge < -0.3 is 19.5 Å². The SMILES string of the molecule is CO[C@@](C(=O)O[C@H](C)[C@@](C)(NC(=O)OCc1ccccc1)c1ccccc1)(c1ccccc1)C(F)(F)F. The fourth-order valence-corrected chi connectivity index (χ4v) is 3.91.